The Morgan fingerprint density at radius 1 is 0.600 bits per heavy atom. The van der Waals surface area contributed by atoms with Gasteiger partial charge in [0.2, 0.25) is 0 Å². The first-order valence-electron chi connectivity index (χ1n) is 16.8. The molecule has 9 rings (SSSR count). The SMILES string of the molecule is CC(C)(c1ccccc1)c1cc(-c2cc3c(cn2)oc2ccccc23)cc(-c2cccc3c2nc(-c2ccccc2O)n3-c2ccccc2)c1. The molecule has 0 amide bonds. The molecule has 5 heteroatoms. The van der Waals surface area contributed by atoms with Crippen molar-refractivity contribution in [3.8, 4) is 45.2 Å². The summed E-state index contributed by atoms with van der Waals surface area (Å²) in [4.78, 5) is 10.2. The second kappa shape index (κ2) is 11.6. The van der Waals surface area contributed by atoms with Crippen LogP contribution in [-0.2, 0) is 5.41 Å². The fourth-order valence-electron chi connectivity index (χ4n) is 7.12. The molecule has 0 aliphatic carbocycles. The minimum Gasteiger partial charge on any atom is -0.507 e. The lowest BCUT2D eigenvalue weighted by Gasteiger charge is -2.27. The summed E-state index contributed by atoms with van der Waals surface area (Å²) in [5, 5.41) is 13.1. The Balaban J connectivity index is 1.31. The molecule has 3 heterocycles. The van der Waals surface area contributed by atoms with Crippen molar-refractivity contribution < 1.29 is 9.52 Å². The van der Waals surface area contributed by atoms with Gasteiger partial charge >= 0.3 is 0 Å². The number of aromatic hydroxyl groups is 1. The molecule has 0 atom stereocenters. The standard InChI is InChI=1S/C45H33N3O2/c1-45(2,31-14-5-3-6-15-31)32-25-29(24-30(26-32)38-27-37-35-18-10-12-23-41(35)50-42(37)28-46-38)34-20-13-21-39-43(34)47-44(36-19-9-11-22-40(36)49)48(39)33-16-7-4-8-17-33/h3-28,49H,1-2H3. The number of aromatic nitrogens is 3. The van der Waals surface area contributed by atoms with Crippen LogP contribution in [0.3, 0.4) is 0 Å². The number of phenols is 1. The number of benzene rings is 6. The van der Waals surface area contributed by atoms with E-state index in [1.54, 1.807) is 6.07 Å². The lowest BCUT2D eigenvalue weighted by atomic mass is 9.76. The van der Waals surface area contributed by atoms with Crippen LogP contribution in [0.25, 0.3) is 72.4 Å². The van der Waals surface area contributed by atoms with Crippen LogP contribution in [-0.4, -0.2) is 19.6 Å². The van der Waals surface area contributed by atoms with E-state index in [0.29, 0.717) is 11.4 Å². The van der Waals surface area contributed by atoms with Crippen LogP contribution in [0.5, 0.6) is 5.75 Å². The highest BCUT2D eigenvalue weighted by molar-refractivity contribution is 6.06. The number of rotatable bonds is 6. The number of hydrogen-bond acceptors (Lipinski definition) is 4. The third-order valence-electron chi connectivity index (χ3n) is 9.87. The number of imidazole rings is 1. The van der Waals surface area contributed by atoms with Crippen LogP contribution in [0.4, 0.5) is 0 Å². The first-order chi connectivity index (χ1) is 24.5. The average molecular weight is 648 g/mol. The van der Waals surface area contributed by atoms with Gasteiger partial charge in [0.05, 0.1) is 28.5 Å². The number of phenolic OH excluding ortho intramolecular Hbond substituents is 1. The van der Waals surface area contributed by atoms with E-state index >= 15 is 0 Å². The van der Waals surface area contributed by atoms with E-state index in [-0.39, 0.29) is 11.2 Å². The molecule has 1 N–H and O–H groups in total. The Hall–Kier alpha value is -6.46. The van der Waals surface area contributed by atoms with E-state index < -0.39 is 0 Å². The molecule has 0 saturated heterocycles. The van der Waals surface area contributed by atoms with Gasteiger partial charge in [0.1, 0.15) is 17.2 Å². The maximum Gasteiger partial charge on any atom is 0.153 e. The molecule has 0 unspecified atom stereocenters. The van der Waals surface area contributed by atoms with Crippen LogP contribution < -0.4 is 0 Å². The van der Waals surface area contributed by atoms with Gasteiger partial charge in [-0.2, -0.15) is 0 Å². The number of pyridine rings is 1. The summed E-state index contributed by atoms with van der Waals surface area (Å²) in [7, 11) is 0. The van der Waals surface area contributed by atoms with Crippen LogP contribution in [0.1, 0.15) is 25.0 Å². The summed E-state index contributed by atoms with van der Waals surface area (Å²) >= 11 is 0. The van der Waals surface area contributed by atoms with Crippen molar-refractivity contribution in [1.29, 1.82) is 0 Å². The summed E-state index contributed by atoms with van der Waals surface area (Å²) in [6.07, 6.45) is 1.83. The van der Waals surface area contributed by atoms with Gasteiger partial charge in [-0.25, -0.2) is 4.98 Å². The Kier molecular flexibility index (Phi) is 6.88. The fourth-order valence-corrected chi connectivity index (χ4v) is 7.12. The molecule has 0 spiro atoms. The molecule has 0 bridgehead atoms. The number of furan rings is 1. The molecule has 0 fully saturated rings. The topological polar surface area (TPSA) is 64.1 Å². The van der Waals surface area contributed by atoms with E-state index in [2.05, 4.69) is 109 Å². The Bertz CT molecular complexity index is 2690. The molecule has 0 aliphatic heterocycles. The zero-order valence-electron chi connectivity index (χ0n) is 27.7. The van der Waals surface area contributed by atoms with E-state index in [1.807, 2.05) is 60.8 Å². The van der Waals surface area contributed by atoms with Crippen LogP contribution >= 0.6 is 0 Å². The van der Waals surface area contributed by atoms with Crippen LogP contribution in [0.2, 0.25) is 0 Å². The van der Waals surface area contributed by atoms with Crippen molar-refractivity contribution in [2.45, 2.75) is 19.3 Å². The summed E-state index contributed by atoms with van der Waals surface area (Å²) < 4.78 is 8.26. The normalized spacial score (nSPS) is 11.9. The van der Waals surface area contributed by atoms with Gasteiger partial charge in [0.25, 0.3) is 0 Å². The minimum atomic E-state index is -0.309. The van der Waals surface area contributed by atoms with Crippen molar-refractivity contribution in [2.75, 3.05) is 0 Å². The zero-order chi connectivity index (χ0) is 33.8. The summed E-state index contributed by atoms with van der Waals surface area (Å²) in [6, 6.07) is 51.6. The highest BCUT2D eigenvalue weighted by atomic mass is 16.3. The highest BCUT2D eigenvalue weighted by Crippen LogP contribution is 2.41. The maximum atomic E-state index is 11.0. The number of para-hydroxylation sites is 4. The largest absolute Gasteiger partial charge is 0.507 e. The van der Waals surface area contributed by atoms with Crippen molar-refractivity contribution >= 4 is 33.0 Å². The molecule has 240 valence electrons. The summed E-state index contributed by atoms with van der Waals surface area (Å²) in [5.41, 5.74) is 11.0. The van der Waals surface area contributed by atoms with Crippen LogP contribution in [0, 0.1) is 0 Å². The van der Waals surface area contributed by atoms with E-state index in [0.717, 1.165) is 66.6 Å². The van der Waals surface area contributed by atoms with Crippen molar-refractivity contribution in [2.24, 2.45) is 0 Å². The third-order valence-corrected chi connectivity index (χ3v) is 9.87. The highest BCUT2D eigenvalue weighted by Gasteiger charge is 2.26. The van der Waals surface area contributed by atoms with Gasteiger partial charge in [-0.1, -0.05) is 111 Å². The maximum absolute atomic E-state index is 11.0. The van der Waals surface area contributed by atoms with E-state index in [4.69, 9.17) is 14.4 Å². The molecule has 6 aromatic carbocycles. The first kappa shape index (κ1) is 29.7. The van der Waals surface area contributed by atoms with E-state index in [9.17, 15) is 5.11 Å². The van der Waals surface area contributed by atoms with Crippen molar-refractivity contribution in [1.82, 2.24) is 14.5 Å². The Morgan fingerprint density at radius 3 is 2.12 bits per heavy atom. The third kappa shape index (κ3) is 4.86. The summed E-state index contributed by atoms with van der Waals surface area (Å²) in [5.74, 6) is 0.861. The second-order valence-corrected chi connectivity index (χ2v) is 13.3. The first-order valence-corrected chi connectivity index (χ1v) is 16.8. The van der Waals surface area contributed by atoms with Gasteiger partial charge in [-0.15, -0.1) is 0 Å². The zero-order valence-corrected chi connectivity index (χ0v) is 27.7. The van der Waals surface area contributed by atoms with Gasteiger partial charge in [-0.05, 0) is 71.3 Å². The molecular formula is C45H33N3O2. The number of nitrogens with zero attached hydrogens (tertiary/aromatic N) is 3. The molecule has 0 aliphatic rings. The number of fused-ring (bicyclic) bond motifs is 4. The molecule has 3 aromatic heterocycles. The molecular weight excluding hydrogens is 615 g/mol. The molecule has 50 heavy (non-hydrogen) atoms. The molecule has 0 saturated carbocycles. The van der Waals surface area contributed by atoms with Crippen LogP contribution in [0.15, 0.2) is 162 Å². The predicted molar refractivity (Wildman–Crippen MR) is 203 cm³/mol. The molecule has 0 radical (unpaired) electrons. The quantitative estimate of drug-likeness (QED) is 0.195. The number of hydrogen-bond donors (Lipinski definition) is 1. The Labute approximate surface area is 289 Å². The minimum absolute atomic E-state index is 0.184. The predicted octanol–water partition coefficient (Wildman–Crippen LogP) is 11.4. The van der Waals surface area contributed by atoms with Crippen molar-refractivity contribution in [3.05, 3.63) is 169 Å². The van der Waals surface area contributed by atoms with Gasteiger partial charge in [0, 0.05) is 33.0 Å². The molecule has 5 nitrogen and oxygen atoms in total. The Morgan fingerprint density at radius 2 is 1.30 bits per heavy atom. The summed E-state index contributed by atoms with van der Waals surface area (Å²) in [6.45, 7) is 4.54. The van der Waals surface area contributed by atoms with Crippen molar-refractivity contribution in [3.63, 3.8) is 0 Å². The smallest absolute Gasteiger partial charge is 0.153 e. The lowest BCUT2D eigenvalue weighted by Crippen LogP contribution is -2.19. The lowest BCUT2D eigenvalue weighted by molar-refractivity contribution is 0.477. The fraction of sp³-hybridized carbons (Fsp3) is 0.0667. The van der Waals surface area contributed by atoms with E-state index in [1.165, 1.54) is 5.56 Å². The van der Waals surface area contributed by atoms with Gasteiger partial charge < -0.3 is 9.52 Å². The van der Waals surface area contributed by atoms with Gasteiger partial charge in [0.15, 0.2) is 5.58 Å². The monoisotopic (exact) mass is 647 g/mol. The second-order valence-electron chi connectivity index (χ2n) is 13.3. The molecule has 9 aromatic rings. The van der Waals surface area contributed by atoms with Gasteiger partial charge in [-0.3, -0.25) is 9.55 Å². The average Bonchev–Trinajstić information content (AvgIpc) is 3.74.